The number of hydrogen-bond acceptors (Lipinski definition) is 4. The largest absolute Gasteiger partial charge is 0.322 e. The van der Waals surface area contributed by atoms with E-state index in [1.54, 1.807) is 0 Å². The van der Waals surface area contributed by atoms with Crippen molar-refractivity contribution < 1.29 is 0 Å². The summed E-state index contributed by atoms with van der Waals surface area (Å²) in [6.07, 6.45) is 3.56. The lowest BCUT2D eigenvalue weighted by molar-refractivity contribution is 0.395. The molecule has 0 amide bonds. The Hall–Kier alpha value is -0.970. The fourth-order valence-electron chi connectivity index (χ4n) is 1.76. The molecule has 1 rings (SSSR count). The average Bonchev–Trinajstić information content (AvgIpc) is 2.65. The highest BCUT2D eigenvalue weighted by Crippen LogP contribution is 2.18. The van der Waals surface area contributed by atoms with E-state index in [1.807, 2.05) is 11.6 Å². The molecular formula is C11H23N5. The van der Waals surface area contributed by atoms with Crippen LogP contribution in [0.4, 0.5) is 0 Å². The van der Waals surface area contributed by atoms with Gasteiger partial charge in [-0.1, -0.05) is 26.7 Å². The van der Waals surface area contributed by atoms with Gasteiger partial charge in [-0.05, 0) is 36.6 Å². The van der Waals surface area contributed by atoms with Crippen LogP contribution in [0.1, 0.15) is 64.9 Å². The lowest BCUT2D eigenvalue weighted by atomic mass is 10.0. The van der Waals surface area contributed by atoms with Crippen molar-refractivity contribution in [3.8, 4) is 0 Å². The zero-order chi connectivity index (χ0) is 12.1. The quantitative estimate of drug-likeness (QED) is 0.804. The maximum Gasteiger partial charge on any atom is 0.167 e. The van der Waals surface area contributed by atoms with E-state index >= 15 is 0 Å². The van der Waals surface area contributed by atoms with Gasteiger partial charge in [0.25, 0.3) is 0 Å². The van der Waals surface area contributed by atoms with E-state index in [0.717, 1.165) is 18.2 Å². The summed E-state index contributed by atoms with van der Waals surface area (Å²) in [4.78, 5) is 0. The molecule has 1 heterocycles. The minimum atomic E-state index is -0.109. The molecule has 92 valence electrons. The number of aromatic nitrogens is 4. The molecule has 0 fully saturated rings. The molecule has 0 aliphatic rings. The van der Waals surface area contributed by atoms with Gasteiger partial charge >= 0.3 is 0 Å². The first-order chi connectivity index (χ1) is 7.52. The van der Waals surface area contributed by atoms with Gasteiger partial charge in [-0.2, -0.15) is 0 Å². The Morgan fingerprint density at radius 2 is 1.88 bits per heavy atom. The molecule has 0 aliphatic heterocycles. The van der Waals surface area contributed by atoms with Gasteiger partial charge in [0.05, 0.1) is 12.1 Å². The minimum absolute atomic E-state index is 0.109. The second kappa shape index (κ2) is 5.94. The van der Waals surface area contributed by atoms with Crippen molar-refractivity contribution in [3.63, 3.8) is 0 Å². The van der Waals surface area contributed by atoms with Crippen molar-refractivity contribution in [1.29, 1.82) is 0 Å². The highest BCUT2D eigenvalue weighted by Gasteiger charge is 2.15. The first-order valence-electron chi connectivity index (χ1n) is 6.05. The number of hydrogen-bond donors (Lipinski definition) is 1. The van der Waals surface area contributed by atoms with Crippen LogP contribution < -0.4 is 5.73 Å². The number of nitrogens with zero attached hydrogens (tertiary/aromatic N) is 4. The van der Waals surface area contributed by atoms with Gasteiger partial charge in [0.15, 0.2) is 5.82 Å². The van der Waals surface area contributed by atoms with Gasteiger partial charge in [0.1, 0.15) is 0 Å². The predicted molar refractivity (Wildman–Crippen MR) is 63.8 cm³/mol. The third-order valence-electron chi connectivity index (χ3n) is 2.75. The van der Waals surface area contributed by atoms with E-state index in [-0.39, 0.29) is 6.04 Å². The normalized spacial score (nSPS) is 15.4. The first-order valence-corrected chi connectivity index (χ1v) is 6.05. The Kier molecular flexibility index (Phi) is 4.86. The lowest BCUT2D eigenvalue weighted by Gasteiger charge is -2.15. The van der Waals surface area contributed by atoms with Crippen molar-refractivity contribution >= 4 is 0 Å². The molecule has 2 unspecified atom stereocenters. The highest BCUT2D eigenvalue weighted by atomic mass is 15.6. The minimum Gasteiger partial charge on any atom is -0.322 e. The summed E-state index contributed by atoms with van der Waals surface area (Å²) in [7, 11) is 0. The van der Waals surface area contributed by atoms with Gasteiger partial charge in [0, 0.05) is 0 Å². The topological polar surface area (TPSA) is 69.6 Å². The summed E-state index contributed by atoms with van der Waals surface area (Å²) < 4.78 is 1.85. The van der Waals surface area contributed by atoms with Crippen LogP contribution in [0.5, 0.6) is 0 Å². The molecule has 1 aromatic rings. The maximum absolute atomic E-state index is 5.81. The van der Waals surface area contributed by atoms with Gasteiger partial charge in [-0.15, -0.1) is 5.10 Å². The smallest absolute Gasteiger partial charge is 0.167 e. The zero-order valence-electron chi connectivity index (χ0n) is 10.7. The average molecular weight is 225 g/mol. The Labute approximate surface area is 97.4 Å². The van der Waals surface area contributed by atoms with E-state index in [9.17, 15) is 0 Å². The van der Waals surface area contributed by atoms with Gasteiger partial charge in [-0.25, -0.2) is 4.68 Å². The van der Waals surface area contributed by atoms with E-state index in [0.29, 0.717) is 6.04 Å². The molecule has 0 radical (unpaired) electrons. The van der Waals surface area contributed by atoms with Crippen molar-refractivity contribution in [2.75, 3.05) is 0 Å². The second-order valence-electron chi connectivity index (χ2n) is 4.94. The molecule has 1 aromatic heterocycles. The summed E-state index contributed by atoms with van der Waals surface area (Å²) in [6.45, 7) is 8.54. The Morgan fingerprint density at radius 3 is 2.44 bits per heavy atom. The van der Waals surface area contributed by atoms with Crippen LogP contribution in [-0.2, 0) is 0 Å². The summed E-state index contributed by atoms with van der Waals surface area (Å²) >= 11 is 0. The summed E-state index contributed by atoms with van der Waals surface area (Å²) in [5.41, 5.74) is 5.81. The molecule has 0 aromatic carbocycles. The first kappa shape index (κ1) is 13.1. The molecule has 0 spiro atoms. The summed E-state index contributed by atoms with van der Waals surface area (Å²) in [6, 6.07) is 0.220. The Bertz CT molecular complexity index is 305. The van der Waals surface area contributed by atoms with Crippen molar-refractivity contribution in [3.05, 3.63) is 5.82 Å². The van der Waals surface area contributed by atoms with Crippen LogP contribution in [0.25, 0.3) is 0 Å². The SMILES string of the molecule is CC(C)CCCC(C)n1nnnc1C(C)N. The predicted octanol–water partition coefficient (Wildman–Crippen LogP) is 2.08. The zero-order valence-corrected chi connectivity index (χ0v) is 10.7. The van der Waals surface area contributed by atoms with E-state index in [2.05, 4.69) is 36.3 Å². The van der Waals surface area contributed by atoms with Gasteiger partial charge in [0.2, 0.25) is 0 Å². The van der Waals surface area contributed by atoms with Gasteiger partial charge < -0.3 is 5.73 Å². The standard InChI is InChI=1S/C11H23N5/c1-8(2)6-5-7-9(3)16-11(10(4)12)13-14-15-16/h8-10H,5-7,12H2,1-4H3. The van der Waals surface area contributed by atoms with Crippen molar-refractivity contribution in [1.82, 2.24) is 20.2 Å². The molecular weight excluding hydrogens is 202 g/mol. The van der Waals surface area contributed by atoms with Crippen LogP contribution in [-0.4, -0.2) is 20.2 Å². The second-order valence-corrected chi connectivity index (χ2v) is 4.94. The molecule has 0 aliphatic carbocycles. The molecule has 0 saturated carbocycles. The van der Waals surface area contributed by atoms with Crippen LogP contribution in [0.2, 0.25) is 0 Å². The Balaban J connectivity index is 2.52. The molecule has 0 bridgehead atoms. The maximum atomic E-state index is 5.81. The van der Waals surface area contributed by atoms with Crippen LogP contribution in [0.15, 0.2) is 0 Å². The van der Waals surface area contributed by atoms with E-state index in [1.165, 1.54) is 12.8 Å². The molecule has 2 N–H and O–H groups in total. The molecule has 5 nitrogen and oxygen atoms in total. The van der Waals surface area contributed by atoms with Crippen molar-refractivity contribution in [2.45, 2.75) is 59.0 Å². The van der Waals surface area contributed by atoms with E-state index in [4.69, 9.17) is 5.73 Å². The van der Waals surface area contributed by atoms with Crippen LogP contribution >= 0.6 is 0 Å². The molecule has 0 saturated heterocycles. The lowest BCUT2D eigenvalue weighted by Crippen LogP contribution is -2.17. The number of rotatable bonds is 6. The van der Waals surface area contributed by atoms with Crippen LogP contribution in [0.3, 0.4) is 0 Å². The van der Waals surface area contributed by atoms with Gasteiger partial charge in [-0.3, -0.25) is 0 Å². The number of nitrogens with two attached hydrogens (primary N) is 1. The van der Waals surface area contributed by atoms with Crippen molar-refractivity contribution in [2.24, 2.45) is 11.7 Å². The summed E-state index contributed by atoms with van der Waals surface area (Å²) in [5, 5.41) is 11.7. The third kappa shape index (κ3) is 3.56. The molecule has 5 heteroatoms. The fraction of sp³-hybridized carbons (Fsp3) is 0.909. The van der Waals surface area contributed by atoms with Crippen LogP contribution in [0, 0.1) is 5.92 Å². The highest BCUT2D eigenvalue weighted by molar-refractivity contribution is 4.89. The Morgan fingerprint density at radius 1 is 1.19 bits per heavy atom. The molecule has 2 atom stereocenters. The number of tetrazole rings is 1. The summed E-state index contributed by atoms with van der Waals surface area (Å²) in [5.74, 6) is 1.53. The molecule has 16 heavy (non-hydrogen) atoms. The third-order valence-corrected chi connectivity index (χ3v) is 2.75. The fourth-order valence-corrected chi connectivity index (χ4v) is 1.76. The monoisotopic (exact) mass is 225 g/mol. The van der Waals surface area contributed by atoms with E-state index < -0.39 is 0 Å².